The molecule has 0 saturated heterocycles. The van der Waals surface area contributed by atoms with Crippen LogP contribution in [0, 0.1) is 35.5 Å². The number of para-hydroxylation sites is 1. The van der Waals surface area contributed by atoms with Gasteiger partial charge in [0, 0.05) is 12.2 Å². The topological polar surface area (TPSA) is 12.0 Å². The summed E-state index contributed by atoms with van der Waals surface area (Å²) in [7, 11) is 0. The van der Waals surface area contributed by atoms with Crippen LogP contribution < -0.4 is 5.32 Å². The van der Waals surface area contributed by atoms with E-state index in [1.807, 2.05) is 0 Å². The third kappa shape index (κ3) is 2.60. The summed E-state index contributed by atoms with van der Waals surface area (Å²) in [6.07, 6.45) is 9.13. The second kappa shape index (κ2) is 5.66. The molecule has 114 valence electrons. The van der Waals surface area contributed by atoms with E-state index >= 15 is 0 Å². The first-order valence-electron chi connectivity index (χ1n) is 9.12. The Kier molecular flexibility index (Phi) is 3.69. The lowest BCUT2D eigenvalue weighted by molar-refractivity contribution is -0.0599. The number of rotatable bonds is 5. The van der Waals surface area contributed by atoms with Crippen molar-refractivity contribution >= 4 is 5.69 Å². The molecule has 1 heteroatoms. The van der Waals surface area contributed by atoms with Gasteiger partial charge in [-0.1, -0.05) is 31.5 Å². The van der Waals surface area contributed by atoms with E-state index in [1.54, 1.807) is 32.1 Å². The summed E-state index contributed by atoms with van der Waals surface area (Å²) in [6.45, 7) is 3.58. The summed E-state index contributed by atoms with van der Waals surface area (Å²) >= 11 is 0. The van der Waals surface area contributed by atoms with Crippen LogP contribution in [0.4, 0.5) is 5.69 Å². The second-order valence-corrected chi connectivity index (χ2v) is 7.92. The molecule has 4 aliphatic carbocycles. The minimum atomic E-state index is 0.875. The first-order valence-corrected chi connectivity index (χ1v) is 9.12. The molecular formula is C20H29N. The van der Waals surface area contributed by atoms with Crippen molar-refractivity contribution in [3.8, 4) is 0 Å². The van der Waals surface area contributed by atoms with E-state index in [0.29, 0.717) is 0 Å². The number of nitrogens with one attached hydrogen (secondary N) is 1. The highest BCUT2D eigenvalue weighted by molar-refractivity contribution is 5.42. The van der Waals surface area contributed by atoms with Crippen molar-refractivity contribution in [2.24, 2.45) is 35.5 Å². The van der Waals surface area contributed by atoms with Gasteiger partial charge < -0.3 is 5.32 Å². The average molecular weight is 283 g/mol. The van der Waals surface area contributed by atoms with E-state index < -0.39 is 0 Å². The first-order chi connectivity index (χ1) is 10.3. The fraction of sp³-hybridized carbons (Fsp3) is 0.700. The van der Waals surface area contributed by atoms with Crippen molar-refractivity contribution in [1.29, 1.82) is 0 Å². The Morgan fingerprint density at radius 1 is 0.952 bits per heavy atom. The van der Waals surface area contributed by atoms with Crippen molar-refractivity contribution in [2.45, 2.75) is 45.4 Å². The van der Waals surface area contributed by atoms with E-state index in [1.165, 1.54) is 18.7 Å². The highest BCUT2D eigenvalue weighted by Gasteiger charge is 2.49. The fourth-order valence-electron chi connectivity index (χ4n) is 6.09. The molecule has 1 nitrogen and oxygen atoms in total. The van der Waals surface area contributed by atoms with Gasteiger partial charge in [0.05, 0.1) is 0 Å². The molecule has 1 aromatic carbocycles. The molecule has 0 aliphatic heterocycles. The van der Waals surface area contributed by atoms with Gasteiger partial charge >= 0.3 is 0 Å². The van der Waals surface area contributed by atoms with Gasteiger partial charge in [-0.15, -0.1) is 0 Å². The van der Waals surface area contributed by atoms with Crippen LogP contribution in [0.2, 0.25) is 0 Å². The van der Waals surface area contributed by atoms with Crippen LogP contribution in [-0.4, -0.2) is 6.54 Å². The Morgan fingerprint density at radius 2 is 1.57 bits per heavy atom. The first kappa shape index (κ1) is 13.7. The molecule has 0 amide bonds. The normalized spacial score (nSPS) is 38.4. The van der Waals surface area contributed by atoms with E-state index in [4.69, 9.17) is 0 Å². The molecule has 5 rings (SSSR count). The minimum Gasteiger partial charge on any atom is -0.385 e. The molecule has 4 bridgehead atoms. The molecule has 0 radical (unpaired) electrons. The van der Waals surface area contributed by atoms with Crippen molar-refractivity contribution < 1.29 is 0 Å². The van der Waals surface area contributed by atoms with Crippen LogP contribution in [-0.2, 0) is 0 Å². The van der Waals surface area contributed by atoms with Crippen LogP contribution in [0.3, 0.4) is 0 Å². The summed E-state index contributed by atoms with van der Waals surface area (Å²) in [4.78, 5) is 0. The standard InChI is InChI=1S/C20H29N/c1-2-16(13-21-19-6-4-3-5-7-19)20-17-9-14-8-15(11-17)12-18(20)10-14/h3-7,14-18,20-21H,2,8-13H2,1H3. The van der Waals surface area contributed by atoms with Gasteiger partial charge in [0.1, 0.15) is 0 Å². The summed E-state index contributed by atoms with van der Waals surface area (Å²) in [5, 5.41) is 3.70. The van der Waals surface area contributed by atoms with Gasteiger partial charge in [0.2, 0.25) is 0 Å². The third-order valence-electron chi connectivity index (χ3n) is 6.71. The number of hydrogen-bond acceptors (Lipinski definition) is 1. The quantitative estimate of drug-likeness (QED) is 0.783. The molecule has 4 fully saturated rings. The van der Waals surface area contributed by atoms with Crippen molar-refractivity contribution in [2.75, 3.05) is 11.9 Å². The maximum Gasteiger partial charge on any atom is 0.0340 e. The highest BCUT2D eigenvalue weighted by atomic mass is 14.9. The molecule has 1 N–H and O–H groups in total. The van der Waals surface area contributed by atoms with Crippen LogP contribution >= 0.6 is 0 Å². The zero-order valence-corrected chi connectivity index (χ0v) is 13.3. The Hall–Kier alpha value is -0.980. The Bertz CT molecular complexity index is 438. The third-order valence-corrected chi connectivity index (χ3v) is 6.71. The van der Waals surface area contributed by atoms with E-state index in [0.717, 1.165) is 35.5 Å². The van der Waals surface area contributed by atoms with Gasteiger partial charge in [0.25, 0.3) is 0 Å². The predicted octanol–water partition coefficient (Wildman–Crippen LogP) is 5.20. The summed E-state index contributed by atoms with van der Waals surface area (Å²) in [6, 6.07) is 10.8. The lowest BCUT2D eigenvalue weighted by Crippen LogP contribution is -2.48. The predicted molar refractivity (Wildman–Crippen MR) is 89.2 cm³/mol. The average Bonchev–Trinajstić information content (AvgIpc) is 2.50. The van der Waals surface area contributed by atoms with Crippen LogP contribution in [0.5, 0.6) is 0 Å². The monoisotopic (exact) mass is 283 g/mol. The van der Waals surface area contributed by atoms with Crippen LogP contribution in [0.15, 0.2) is 30.3 Å². The molecular weight excluding hydrogens is 254 g/mol. The summed E-state index contributed by atoms with van der Waals surface area (Å²) in [5.74, 6) is 6.21. The molecule has 0 aromatic heterocycles. The highest BCUT2D eigenvalue weighted by Crippen LogP contribution is 2.58. The zero-order chi connectivity index (χ0) is 14.2. The SMILES string of the molecule is CCC(CNc1ccccc1)C1C2CC3CC(C2)CC1C3. The lowest BCUT2D eigenvalue weighted by atomic mass is 9.49. The lowest BCUT2D eigenvalue weighted by Gasteiger charge is -2.56. The second-order valence-electron chi connectivity index (χ2n) is 7.92. The molecule has 1 aromatic rings. The molecule has 1 atom stereocenters. The van der Waals surface area contributed by atoms with Crippen LogP contribution in [0.1, 0.15) is 45.4 Å². The van der Waals surface area contributed by atoms with Gasteiger partial charge in [0.15, 0.2) is 0 Å². The van der Waals surface area contributed by atoms with Gasteiger partial charge in [-0.2, -0.15) is 0 Å². The molecule has 1 unspecified atom stereocenters. The molecule has 4 aliphatic rings. The van der Waals surface area contributed by atoms with E-state index in [-0.39, 0.29) is 0 Å². The number of anilines is 1. The molecule has 0 spiro atoms. The van der Waals surface area contributed by atoms with E-state index in [9.17, 15) is 0 Å². The molecule has 0 heterocycles. The fourth-order valence-corrected chi connectivity index (χ4v) is 6.09. The summed E-state index contributed by atoms with van der Waals surface area (Å²) in [5.41, 5.74) is 1.29. The van der Waals surface area contributed by atoms with Crippen molar-refractivity contribution in [3.05, 3.63) is 30.3 Å². The molecule has 4 saturated carbocycles. The Morgan fingerprint density at radius 3 is 2.14 bits per heavy atom. The Labute approximate surface area is 129 Å². The van der Waals surface area contributed by atoms with Crippen molar-refractivity contribution in [1.82, 2.24) is 0 Å². The van der Waals surface area contributed by atoms with Crippen LogP contribution in [0.25, 0.3) is 0 Å². The smallest absolute Gasteiger partial charge is 0.0340 e. The van der Waals surface area contributed by atoms with Crippen molar-refractivity contribution in [3.63, 3.8) is 0 Å². The maximum atomic E-state index is 3.70. The van der Waals surface area contributed by atoms with E-state index in [2.05, 4.69) is 42.6 Å². The molecule has 21 heavy (non-hydrogen) atoms. The summed E-state index contributed by atoms with van der Waals surface area (Å²) < 4.78 is 0. The Balaban J connectivity index is 1.43. The van der Waals surface area contributed by atoms with Gasteiger partial charge in [-0.05, 0) is 79.7 Å². The number of hydrogen-bond donors (Lipinski definition) is 1. The van der Waals surface area contributed by atoms with Gasteiger partial charge in [-0.3, -0.25) is 0 Å². The number of benzene rings is 1. The largest absolute Gasteiger partial charge is 0.385 e. The van der Waals surface area contributed by atoms with Gasteiger partial charge in [-0.25, -0.2) is 0 Å². The minimum absolute atomic E-state index is 0.875. The maximum absolute atomic E-state index is 3.70. The zero-order valence-electron chi connectivity index (χ0n) is 13.3.